The number of nitrogens with zero attached hydrogens (tertiary/aromatic N) is 4. The number of fused-ring (bicyclic) bond motifs is 1. The molecule has 1 amide bonds. The zero-order valence-electron chi connectivity index (χ0n) is 15.7. The maximum absolute atomic E-state index is 12.7. The lowest BCUT2D eigenvalue weighted by atomic mass is 9.39. The number of para-hydroxylation sites is 2. The molecule has 0 radical (unpaired) electrons. The highest BCUT2D eigenvalue weighted by atomic mass is 16.4. The van der Waals surface area contributed by atoms with Gasteiger partial charge in [-0.05, 0) is 50.2 Å². The van der Waals surface area contributed by atoms with Gasteiger partial charge in [0.15, 0.2) is 0 Å². The molecular weight excluding hydrogens is 354 g/mol. The number of nitrogens with one attached hydrogen (secondary N) is 1. The Bertz CT molecular complexity index is 1080. The summed E-state index contributed by atoms with van der Waals surface area (Å²) in [6, 6.07) is 7.56. The van der Waals surface area contributed by atoms with Crippen LogP contribution in [-0.4, -0.2) is 31.6 Å². The van der Waals surface area contributed by atoms with Gasteiger partial charge < -0.3 is 9.73 Å². The van der Waals surface area contributed by atoms with Crippen molar-refractivity contribution >= 4 is 16.9 Å². The molecule has 0 spiro atoms. The average Bonchev–Trinajstić information content (AvgIpc) is 3.09. The second-order valence-corrected chi connectivity index (χ2v) is 9.01. The number of hydrogen-bond acceptors (Lipinski definition) is 6. The molecule has 4 saturated carbocycles. The van der Waals surface area contributed by atoms with Crippen LogP contribution in [0.15, 0.2) is 34.9 Å². The van der Waals surface area contributed by atoms with E-state index in [0.29, 0.717) is 11.6 Å². The minimum absolute atomic E-state index is 0.0387. The van der Waals surface area contributed by atoms with E-state index in [2.05, 4.69) is 32.4 Å². The van der Waals surface area contributed by atoms with Crippen LogP contribution < -0.4 is 5.32 Å². The number of benzene rings is 1. The molecule has 4 aliphatic carbocycles. The largest absolute Gasteiger partial charge is 0.424 e. The summed E-state index contributed by atoms with van der Waals surface area (Å²) in [5, 5.41) is 11.8. The molecule has 0 saturated heterocycles. The van der Waals surface area contributed by atoms with Crippen LogP contribution >= 0.6 is 0 Å². The summed E-state index contributed by atoms with van der Waals surface area (Å²) in [4.78, 5) is 21.4. The zero-order chi connectivity index (χ0) is 18.9. The molecule has 2 heterocycles. The Morgan fingerprint density at radius 3 is 2.64 bits per heavy atom. The van der Waals surface area contributed by atoms with E-state index in [-0.39, 0.29) is 16.9 Å². The number of aromatic nitrogens is 4. The number of hydrogen-bond donors (Lipinski definition) is 1. The van der Waals surface area contributed by atoms with Crippen molar-refractivity contribution in [1.82, 2.24) is 25.5 Å². The van der Waals surface area contributed by atoms with Gasteiger partial charge in [0.05, 0.1) is 22.6 Å². The van der Waals surface area contributed by atoms with Crippen LogP contribution in [0.2, 0.25) is 0 Å². The third kappa shape index (κ3) is 2.25. The molecule has 4 fully saturated rings. The number of rotatable bonds is 4. The molecule has 2 aromatic heterocycles. The molecule has 142 valence electrons. The zero-order valence-corrected chi connectivity index (χ0v) is 15.7. The maximum atomic E-state index is 12.7. The first kappa shape index (κ1) is 16.2. The van der Waals surface area contributed by atoms with Gasteiger partial charge in [-0.2, -0.15) is 0 Å². The third-order valence-corrected chi connectivity index (χ3v) is 6.71. The maximum Gasteiger partial charge on any atom is 0.271 e. The Morgan fingerprint density at radius 2 is 1.89 bits per heavy atom. The lowest BCUT2D eigenvalue weighted by molar-refractivity contribution is -0.0970. The van der Waals surface area contributed by atoms with Crippen molar-refractivity contribution in [2.24, 2.45) is 5.92 Å². The fourth-order valence-electron chi connectivity index (χ4n) is 5.24. The Balaban J connectivity index is 1.13. The Labute approximate surface area is 162 Å². The van der Waals surface area contributed by atoms with Crippen molar-refractivity contribution in [3.05, 3.63) is 47.9 Å². The van der Waals surface area contributed by atoms with Gasteiger partial charge in [0.1, 0.15) is 5.69 Å². The lowest BCUT2D eigenvalue weighted by Crippen LogP contribution is -2.76. The first-order valence-corrected chi connectivity index (χ1v) is 9.92. The van der Waals surface area contributed by atoms with E-state index in [1.807, 2.05) is 24.3 Å². The molecule has 7 rings (SSSR count). The van der Waals surface area contributed by atoms with E-state index < -0.39 is 0 Å². The second-order valence-electron chi connectivity index (χ2n) is 9.01. The Morgan fingerprint density at radius 1 is 1.14 bits per heavy atom. The average molecular weight is 375 g/mol. The van der Waals surface area contributed by atoms with Gasteiger partial charge in [0, 0.05) is 11.5 Å². The number of carbonyl (C=O) groups is 1. The van der Waals surface area contributed by atoms with E-state index in [1.54, 1.807) is 6.20 Å². The smallest absolute Gasteiger partial charge is 0.271 e. The van der Waals surface area contributed by atoms with Crippen molar-refractivity contribution < 1.29 is 9.21 Å². The van der Waals surface area contributed by atoms with Gasteiger partial charge in [-0.15, -0.1) is 10.2 Å². The summed E-state index contributed by atoms with van der Waals surface area (Å²) in [6.07, 6.45) is 6.39. The lowest BCUT2D eigenvalue weighted by Gasteiger charge is -2.68. The summed E-state index contributed by atoms with van der Waals surface area (Å²) >= 11 is 0. The van der Waals surface area contributed by atoms with E-state index in [9.17, 15) is 4.79 Å². The topological polar surface area (TPSA) is 93.8 Å². The van der Waals surface area contributed by atoms with Crippen LogP contribution in [-0.2, 0) is 5.41 Å². The van der Waals surface area contributed by atoms with Gasteiger partial charge in [-0.25, -0.2) is 4.98 Å². The van der Waals surface area contributed by atoms with Crippen LogP contribution in [0.3, 0.4) is 0 Å². The minimum Gasteiger partial charge on any atom is -0.424 e. The SMILES string of the molecule is CC1CC(c2nnc(C34CC(NC(=O)c5cnc6ccccc6n5)(C3)C4)o2)C1. The van der Waals surface area contributed by atoms with Crippen LogP contribution in [0.5, 0.6) is 0 Å². The summed E-state index contributed by atoms with van der Waals surface area (Å²) in [7, 11) is 0. The second kappa shape index (κ2) is 5.37. The molecule has 4 aliphatic rings. The molecule has 7 heteroatoms. The summed E-state index contributed by atoms with van der Waals surface area (Å²) < 4.78 is 6.01. The van der Waals surface area contributed by atoms with Gasteiger partial charge in [0.25, 0.3) is 5.91 Å². The van der Waals surface area contributed by atoms with Crippen molar-refractivity contribution in [2.45, 2.75) is 55.9 Å². The van der Waals surface area contributed by atoms with E-state index >= 15 is 0 Å². The van der Waals surface area contributed by atoms with Crippen molar-refractivity contribution in [3.8, 4) is 0 Å². The molecule has 7 nitrogen and oxygen atoms in total. The highest BCUT2D eigenvalue weighted by Crippen LogP contribution is 2.67. The molecule has 0 atom stereocenters. The fourth-order valence-corrected chi connectivity index (χ4v) is 5.24. The van der Waals surface area contributed by atoms with Crippen LogP contribution in [0.1, 0.15) is 67.2 Å². The molecule has 28 heavy (non-hydrogen) atoms. The molecule has 0 unspecified atom stereocenters. The standard InChI is InChI=1S/C21H21N5O2/c1-12-6-13(7-12)18-25-26-19(28-18)20-9-21(10-20,11-20)24-17(27)16-8-22-14-4-2-3-5-15(14)23-16/h2-5,8,12-13H,6-7,9-11H2,1H3,(H,24,27). The van der Waals surface area contributed by atoms with Gasteiger partial charge in [0.2, 0.25) is 11.8 Å². The van der Waals surface area contributed by atoms with Crippen molar-refractivity contribution in [2.75, 3.05) is 0 Å². The molecule has 1 N–H and O–H groups in total. The van der Waals surface area contributed by atoms with Gasteiger partial charge in [-0.3, -0.25) is 9.78 Å². The Hall–Kier alpha value is -2.83. The summed E-state index contributed by atoms with van der Waals surface area (Å²) in [6.45, 7) is 2.25. The predicted molar refractivity (Wildman–Crippen MR) is 101 cm³/mol. The van der Waals surface area contributed by atoms with Crippen LogP contribution in [0.25, 0.3) is 11.0 Å². The fraction of sp³-hybridized carbons (Fsp3) is 0.476. The monoisotopic (exact) mass is 375 g/mol. The van der Waals surface area contributed by atoms with Crippen molar-refractivity contribution in [3.63, 3.8) is 0 Å². The summed E-state index contributed by atoms with van der Waals surface area (Å²) in [5.41, 5.74) is 1.67. The van der Waals surface area contributed by atoms with E-state index in [1.165, 1.54) is 0 Å². The quantitative estimate of drug-likeness (QED) is 0.753. The van der Waals surface area contributed by atoms with E-state index in [0.717, 1.165) is 60.8 Å². The van der Waals surface area contributed by atoms with Crippen molar-refractivity contribution in [1.29, 1.82) is 0 Å². The van der Waals surface area contributed by atoms with Crippen LogP contribution in [0, 0.1) is 5.92 Å². The molecular formula is C21H21N5O2. The Kier molecular flexibility index (Phi) is 3.10. The van der Waals surface area contributed by atoms with E-state index in [4.69, 9.17) is 4.42 Å². The highest BCUT2D eigenvalue weighted by molar-refractivity contribution is 5.94. The van der Waals surface area contributed by atoms with Crippen LogP contribution in [0.4, 0.5) is 0 Å². The van der Waals surface area contributed by atoms with Gasteiger partial charge in [-0.1, -0.05) is 19.1 Å². The molecule has 0 aliphatic heterocycles. The minimum atomic E-state index is -0.166. The predicted octanol–water partition coefficient (Wildman–Crippen LogP) is 3.13. The van der Waals surface area contributed by atoms with Gasteiger partial charge >= 0.3 is 0 Å². The molecule has 3 aromatic rings. The molecule has 2 bridgehead atoms. The normalized spacial score (nSPS) is 32.9. The first-order valence-electron chi connectivity index (χ1n) is 9.92. The third-order valence-electron chi connectivity index (χ3n) is 6.71. The molecule has 1 aromatic carbocycles. The number of amides is 1. The first-order chi connectivity index (χ1) is 13.5. The number of carbonyl (C=O) groups excluding carboxylic acids is 1. The summed E-state index contributed by atoms with van der Waals surface area (Å²) in [5.74, 6) is 2.57. The highest BCUT2D eigenvalue weighted by Gasteiger charge is 2.72.